The van der Waals surface area contributed by atoms with Crippen molar-refractivity contribution in [3.05, 3.63) is 41.6 Å². The van der Waals surface area contributed by atoms with Crippen LogP contribution in [0.4, 0.5) is 18.9 Å². The molecule has 1 fully saturated rings. The fraction of sp³-hybridized carbons (Fsp3) is 0.529. The van der Waals surface area contributed by atoms with Gasteiger partial charge >= 0.3 is 6.18 Å². The van der Waals surface area contributed by atoms with Crippen LogP contribution >= 0.6 is 0 Å². The van der Waals surface area contributed by atoms with Crippen molar-refractivity contribution in [2.24, 2.45) is 5.92 Å². The summed E-state index contributed by atoms with van der Waals surface area (Å²) in [6.07, 6.45) is 0.141. The second-order valence-electron chi connectivity index (χ2n) is 6.15. The largest absolute Gasteiger partial charge is 0.418 e. The summed E-state index contributed by atoms with van der Waals surface area (Å²) in [5.41, 5.74) is 1.48. The Morgan fingerprint density at radius 3 is 2.57 bits per heavy atom. The zero-order valence-electron chi connectivity index (χ0n) is 12.2. The third kappa shape index (κ3) is 2.45. The summed E-state index contributed by atoms with van der Waals surface area (Å²) >= 11 is 0. The maximum atomic E-state index is 13.3. The van der Waals surface area contributed by atoms with E-state index in [-0.39, 0.29) is 6.04 Å². The zero-order chi connectivity index (χ0) is 15.2. The molecule has 2 aliphatic rings. The first-order chi connectivity index (χ1) is 9.91. The van der Waals surface area contributed by atoms with Crippen LogP contribution in [0.5, 0.6) is 0 Å². The molecule has 0 atom stereocenters. The van der Waals surface area contributed by atoms with E-state index in [4.69, 9.17) is 0 Å². The number of halogens is 3. The molecule has 21 heavy (non-hydrogen) atoms. The topological polar surface area (TPSA) is 3.24 Å². The maximum Gasteiger partial charge on any atom is 0.418 e. The Hall–Kier alpha value is -1.45. The third-order valence-corrected chi connectivity index (χ3v) is 4.84. The van der Waals surface area contributed by atoms with Gasteiger partial charge in [-0.1, -0.05) is 32.1 Å². The lowest BCUT2D eigenvalue weighted by Crippen LogP contribution is -2.46. The van der Waals surface area contributed by atoms with Gasteiger partial charge in [0.15, 0.2) is 0 Å². The Bertz CT molecular complexity index is 556. The van der Waals surface area contributed by atoms with Crippen LogP contribution < -0.4 is 4.90 Å². The lowest BCUT2D eigenvalue weighted by Gasteiger charge is -2.48. The summed E-state index contributed by atoms with van der Waals surface area (Å²) < 4.78 is 40.0. The second-order valence-corrected chi connectivity index (χ2v) is 6.15. The van der Waals surface area contributed by atoms with Gasteiger partial charge in [-0.05, 0) is 43.2 Å². The zero-order valence-corrected chi connectivity index (χ0v) is 12.2. The molecular weight excluding hydrogens is 275 g/mol. The normalized spacial score (nSPS) is 25.5. The van der Waals surface area contributed by atoms with Gasteiger partial charge in [0.05, 0.1) is 11.3 Å². The number of hydrogen-bond donors (Lipinski definition) is 0. The van der Waals surface area contributed by atoms with Crippen LogP contribution in [0.15, 0.2) is 30.5 Å². The summed E-state index contributed by atoms with van der Waals surface area (Å²) in [6, 6.07) is 4.72. The molecule has 0 aromatic heterocycles. The minimum absolute atomic E-state index is 0.185. The van der Waals surface area contributed by atoms with E-state index in [0.717, 1.165) is 36.9 Å². The Morgan fingerprint density at radius 1 is 1.24 bits per heavy atom. The van der Waals surface area contributed by atoms with E-state index in [0.29, 0.717) is 18.0 Å². The fourth-order valence-corrected chi connectivity index (χ4v) is 3.55. The molecule has 1 aromatic carbocycles. The Kier molecular flexibility index (Phi) is 3.50. The summed E-state index contributed by atoms with van der Waals surface area (Å²) in [5.74, 6) is 0.645. The van der Waals surface area contributed by atoms with Crippen molar-refractivity contribution in [3.8, 4) is 0 Å². The van der Waals surface area contributed by atoms with Crippen molar-refractivity contribution in [2.45, 2.75) is 51.2 Å². The van der Waals surface area contributed by atoms with Crippen molar-refractivity contribution in [3.63, 3.8) is 0 Å². The fourth-order valence-electron chi connectivity index (χ4n) is 3.55. The minimum atomic E-state index is -4.31. The molecule has 1 nitrogen and oxygen atoms in total. The lowest BCUT2D eigenvalue weighted by atomic mass is 9.76. The number of fused-ring (bicyclic) bond motifs is 1. The van der Waals surface area contributed by atoms with Gasteiger partial charge in [0, 0.05) is 11.7 Å². The highest BCUT2D eigenvalue weighted by Crippen LogP contribution is 2.47. The van der Waals surface area contributed by atoms with E-state index in [2.05, 4.69) is 13.5 Å². The molecule has 0 radical (unpaired) electrons. The van der Waals surface area contributed by atoms with Gasteiger partial charge in [-0.2, -0.15) is 13.2 Å². The molecule has 1 aliphatic heterocycles. The van der Waals surface area contributed by atoms with E-state index in [9.17, 15) is 13.2 Å². The number of rotatable bonds is 2. The number of hydrogen-bond acceptors (Lipinski definition) is 1. The Balaban J connectivity index is 2.02. The summed E-state index contributed by atoms with van der Waals surface area (Å²) in [6.45, 7) is 6.17. The molecule has 1 heterocycles. The summed E-state index contributed by atoms with van der Waals surface area (Å²) in [7, 11) is 0. The van der Waals surface area contributed by atoms with E-state index in [1.165, 1.54) is 12.1 Å². The number of nitrogens with zero attached hydrogens (tertiary/aromatic N) is 1. The van der Waals surface area contributed by atoms with Crippen LogP contribution in [0.3, 0.4) is 0 Å². The predicted octanol–water partition coefficient (Wildman–Crippen LogP) is 5.16. The highest BCUT2D eigenvalue weighted by atomic mass is 19.4. The number of para-hydroxylation sites is 1. The van der Waals surface area contributed by atoms with Crippen molar-refractivity contribution in [1.82, 2.24) is 0 Å². The number of alkyl halides is 3. The minimum Gasteiger partial charge on any atom is -0.342 e. The van der Waals surface area contributed by atoms with Crippen molar-refractivity contribution >= 4 is 5.69 Å². The van der Waals surface area contributed by atoms with Gasteiger partial charge in [0.2, 0.25) is 0 Å². The van der Waals surface area contributed by atoms with Gasteiger partial charge in [-0.3, -0.25) is 0 Å². The molecule has 3 rings (SSSR count). The highest BCUT2D eigenvalue weighted by molar-refractivity contribution is 5.67. The van der Waals surface area contributed by atoms with Crippen LogP contribution in [-0.2, 0) is 12.6 Å². The Labute approximate surface area is 123 Å². The molecule has 114 valence electrons. The number of aryl methyl sites for hydroxylation is 1. The summed E-state index contributed by atoms with van der Waals surface area (Å²) in [5, 5.41) is 0. The number of anilines is 1. The monoisotopic (exact) mass is 295 g/mol. The first-order valence-corrected chi connectivity index (χ1v) is 7.58. The van der Waals surface area contributed by atoms with E-state index >= 15 is 0 Å². The van der Waals surface area contributed by atoms with E-state index in [1.807, 2.05) is 11.0 Å². The van der Waals surface area contributed by atoms with Crippen LogP contribution in [0.1, 0.15) is 43.7 Å². The molecule has 1 saturated carbocycles. The van der Waals surface area contributed by atoms with Crippen LogP contribution in [0.2, 0.25) is 0 Å². The quantitative estimate of drug-likeness (QED) is 0.728. The highest BCUT2D eigenvalue weighted by Gasteiger charge is 2.42. The SMILES string of the molecule is C=C1CCc2cccc(C(F)(F)F)c2N1C1CC(CC)C1. The van der Waals surface area contributed by atoms with Crippen LogP contribution in [0, 0.1) is 5.92 Å². The van der Waals surface area contributed by atoms with Crippen molar-refractivity contribution < 1.29 is 13.2 Å². The van der Waals surface area contributed by atoms with Gasteiger partial charge < -0.3 is 4.90 Å². The van der Waals surface area contributed by atoms with E-state index < -0.39 is 11.7 Å². The van der Waals surface area contributed by atoms with Gasteiger partial charge in [-0.25, -0.2) is 0 Å². The Morgan fingerprint density at radius 2 is 1.95 bits per heavy atom. The van der Waals surface area contributed by atoms with Crippen LogP contribution in [-0.4, -0.2) is 6.04 Å². The first-order valence-electron chi connectivity index (χ1n) is 7.58. The molecule has 4 heteroatoms. The molecule has 1 aliphatic carbocycles. The van der Waals surface area contributed by atoms with Gasteiger partial charge in [0.25, 0.3) is 0 Å². The molecule has 0 N–H and O–H groups in total. The van der Waals surface area contributed by atoms with Gasteiger partial charge in [0.1, 0.15) is 0 Å². The first kappa shape index (κ1) is 14.5. The van der Waals surface area contributed by atoms with Crippen molar-refractivity contribution in [1.29, 1.82) is 0 Å². The molecule has 0 amide bonds. The maximum absolute atomic E-state index is 13.3. The molecular formula is C17H20F3N. The summed E-state index contributed by atoms with van der Waals surface area (Å²) in [4.78, 5) is 1.88. The van der Waals surface area contributed by atoms with Gasteiger partial charge in [-0.15, -0.1) is 0 Å². The molecule has 0 unspecified atom stereocenters. The second kappa shape index (κ2) is 5.08. The molecule has 0 bridgehead atoms. The lowest BCUT2D eigenvalue weighted by molar-refractivity contribution is -0.137. The standard InChI is InChI=1S/C17H20F3N/c1-3-12-9-14(10-12)21-11(2)7-8-13-5-4-6-15(16(13)21)17(18,19)20/h4-6,12,14H,2-3,7-10H2,1H3. The van der Waals surface area contributed by atoms with E-state index in [1.54, 1.807) is 0 Å². The smallest absolute Gasteiger partial charge is 0.342 e. The predicted molar refractivity (Wildman–Crippen MR) is 78.2 cm³/mol. The number of benzene rings is 1. The molecule has 1 aromatic rings. The average Bonchev–Trinajstić information content (AvgIpc) is 2.38. The van der Waals surface area contributed by atoms with Crippen molar-refractivity contribution in [2.75, 3.05) is 4.90 Å². The third-order valence-electron chi connectivity index (χ3n) is 4.84. The number of allylic oxidation sites excluding steroid dienone is 1. The average molecular weight is 295 g/mol. The molecule has 0 saturated heterocycles. The molecule has 0 spiro atoms. The van der Waals surface area contributed by atoms with Crippen LogP contribution in [0.25, 0.3) is 0 Å².